The summed E-state index contributed by atoms with van der Waals surface area (Å²) in [6.07, 6.45) is 2.43. The van der Waals surface area contributed by atoms with E-state index >= 15 is 0 Å². The first-order valence-corrected chi connectivity index (χ1v) is 7.34. The van der Waals surface area contributed by atoms with Crippen LogP contribution in [0.3, 0.4) is 0 Å². The van der Waals surface area contributed by atoms with Gasteiger partial charge >= 0.3 is 0 Å². The van der Waals surface area contributed by atoms with Crippen LogP contribution in [0.15, 0.2) is 18.2 Å². The molecule has 0 aliphatic carbocycles. The average molecular weight is 261 g/mol. The van der Waals surface area contributed by atoms with Crippen LogP contribution in [-0.2, 0) is 0 Å². The molecule has 1 heterocycles. The van der Waals surface area contributed by atoms with Crippen LogP contribution in [0.25, 0.3) is 0 Å². The largest absolute Gasteiger partial charge is 0.377 e. The number of nitrogens with zero attached hydrogens (tertiary/aromatic N) is 2. The molecule has 1 aliphatic heterocycles. The summed E-state index contributed by atoms with van der Waals surface area (Å²) in [5.41, 5.74) is 4.03. The van der Waals surface area contributed by atoms with E-state index in [2.05, 4.69) is 61.3 Å². The van der Waals surface area contributed by atoms with Gasteiger partial charge in [0.1, 0.15) is 0 Å². The Morgan fingerprint density at radius 3 is 2.79 bits per heavy atom. The Labute approximate surface area is 117 Å². The van der Waals surface area contributed by atoms with Crippen molar-refractivity contribution in [2.24, 2.45) is 0 Å². The second-order valence-electron chi connectivity index (χ2n) is 5.85. The molecule has 1 atom stereocenters. The van der Waals surface area contributed by atoms with E-state index < -0.39 is 0 Å². The molecule has 3 heteroatoms. The van der Waals surface area contributed by atoms with Gasteiger partial charge in [0.2, 0.25) is 0 Å². The van der Waals surface area contributed by atoms with Crippen molar-refractivity contribution in [2.45, 2.75) is 32.7 Å². The molecule has 0 aromatic heterocycles. The standard InChI is InChI=1S/C16H27N3/c1-13-6-7-15(12-16(13)18(3)4)19-10-5-9-17-14(2)8-11-19/h6-7,12,14,17H,5,8-11H2,1-4H3. The van der Waals surface area contributed by atoms with Crippen molar-refractivity contribution in [3.8, 4) is 0 Å². The summed E-state index contributed by atoms with van der Waals surface area (Å²) >= 11 is 0. The van der Waals surface area contributed by atoms with Gasteiger partial charge in [0.25, 0.3) is 0 Å². The number of nitrogens with one attached hydrogen (secondary N) is 1. The van der Waals surface area contributed by atoms with Crippen molar-refractivity contribution in [1.29, 1.82) is 0 Å². The van der Waals surface area contributed by atoms with E-state index in [1.54, 1.807) is 0 Å². The van der Waals surface area contributed by atoms with Gasteiger partial charge in [-0.2, -0.15) is 0 Å². The first-order valence-electron chi connectivity index (χ1n) is 7.34. The molecular weight excluding hydrogens is 234 g/mol. The van der Waals surface area contributed by atoms with Crippen LogP contribution in [0.4, 0.5) is 11.4 Å². The number of benzene rings is 1. The highest BCUT2D eigenvalue weighted by Gasteiger charge is 2.13. The average Bonchev–Trinajstić information content (AvgIpc) is 2.35. The van der Waals surface area contributed by atoms with Gasteiger partial charge in [0, 0.05) is 44.6 Å². The minimum Gasteiger partial charge on any atom is -0.377 e. The number of hydrogen-bond acceptors (Lipinski definition) is 3. The molecule has 0 radical (unpaired) electrons. The van der Waals surface area contributed by atoms with E-state index in [1.165, 1.54) is 29.8 Å². The van der Waals surface area contributed by atoms with Crippen LogP contribution in [0, 0.1) is 6.92 Å². The summed E-state index contributed by atoms with van der Waals surface area (Å²) < 4.78 is 0. The van der Waals surface area contributed by atoms with Gasteiger partial charge in [-0.1, -0.05) is 6.07 Å². The highest BCUT2D eigenvalue weighted by atomic mass is 15.1. The normalized spacial score (nSPS) is 20.8. The molecule has 3 nitrogen and oxygen atoms in total. The van der Waals surface area contributed by atoms with Crippen LogP contribution < -0.4 is 15.1 Å². The Bertz CT molecular complexity index is 414. The smallest absolute Gasteiger partial charge is 0.0411 e. The Morgan fingerprint density at radius 1 is 1.26 bits per heavy atom. The molecule has 1 aliphatic rings. The Balaban J connectivity index is 2.17. The summed E-state index contributed by atoms with van der Waals surface area (Å²) in [7, 11) is 4.23. The van der Waals surface area contributed by atoms with Crippen LogP contribution in [0.2, 0.25) is 0 Å². The predicted molar refractivity (Wildman–Crippen MR) is 84.4 cm³/mol. The minimum absolute atomic E-state index is 0.626. The van der Waals surface area contributed by atoms with Crippen LogP contribution in [0.5, 0.6) is 0 Å². The van der Waals surface area contributed by atoms with Crippen molar-refractivity contribution in [2.75, 3.05) is 43.5 Å². The van der Waals surface area contributed by atoms with E-state index in [4.69, 9.17) is 0 Å². The zero-order chi connectivity index (χ0) is 13.8. The van der Waals surface area contributed by atoms with Crippen molar-refractivity contribution in [1.82, 2.24) is 5.32 Å². The number of rotatable bonds is 2. The van der Waals surface area contributed by atoms with Crippen molar-refractivity contribution >= 4 is 11.4 Å². The number of aryl methyl sites for hydroxylation is 1. The maximum absolute atomic E-state index is 3.56. The number of hydrogen-bond donors (Lipinski definition) is 1. The first-order chi connectivity index (χ1) is 9.08. The topological polar surface area (TPSA) is 18.5 Å². The Hall–Kier alpha value is -1.22. The van der Waals surface area contributed by atoms with E-state index in [0.717, 1.165) is 19.6 Å². The summed E-state index contributed by atoms with van der Waals surface area (Å²) in [4.78, 5) is 4.73. The van der Waals surface area contributed by atoms with E-state index in [9.17, 15) is 0 Å². The summed E-state index contributed by atoms with van der Waals surface area (Å²) in [6, 6.07) is 7.46. The zero-order valence-corrected chi connectivity index (χ0v) is 12.7. The third kappa shape index (κ3) is 3.63. The summed E-state index contributed by atoms with van der Waals surface area (Å²) in [6.45, 7) is 7.88. The minimum atomic E-state index is 0.626. The van der Waals surface area contributed by atoms with Crippen LogP contribution in [0.1, 0.15) is 25.3 Å². The molecule has 1 unspecified atom stereocenters. The lowest BCUT2D eigenvalue weighted by atomic mass is 10.1. The molecule has 0 amide bonds. The molecule has 2 rings (SSSR count). The zero-order valence-electron chi connectivity index (χ0n) is 12.7. The van der Waals surface area contributed by atoms with Gasteiger partial charge < -0.3 is 15.1 Å². The fourth-order valence-corrected chi connectivity index (χ4v) is 2.72. The molecular formula is C16H27N3. The summed E-state index contributed by atoms with van der Waals surface area (Å²) in [5, 5.41) is 3.56. The number of anilines is 2. The molecule has 0 bridgehead atoms. The lowest BCUT2D eigenvalue weighted by Crippen LogP contribution is -2.38. The fourth-order valence-electron chi connectivity index (χ4n) is 2.72. The van der Waals surface area contributed by atoms with E-state index in [1.807, 2.05) is 0 Å². The molecule has 1 N–H and O–H groups in total. The van der Waals surface area contributed by atoms with Crippen LogP contribution in [-0.4, -0.2) is 39.8 Å². The predicted octanol–water partition coefficient (Wildman–Crippen LogP) is 2.64. The molecule has 1 aromatic carbocycles. The molecule has 1 saturated heterocycles. The molecule has 0 spiro atoms. The SMILES string of the molecule is Cc1ccc(N2CCCNC(C)CC2)cc1N(C)C. The van der Waals surface area contributed by atoms with E-state index in [-0.39, 0.29) is 0 Å². The van der Waals surface area contributed by atoms with Gasteiger partial charge in [-0.15, -0.1) is 0 Å². The fraction of sp³-hybridized carbons (Fsp3) is 0.625. The quantitative estimate of drug-likeness (QED) is 0.883. The maximum Gasteiger partial charge on any atom is 0.0411 e. The highest BCUT2D eigenvalue weighted by Crippen LogP contribution is 2.26. The second kappa shape index (κ2) is 6.29. The second-order valence-corrected chi connectivity index (χ2v) is 5.85. The molecule has 1 fully saturated rings. The lowest BCUT2D eigenvalue weighted by Gasteiger charge is -2.30. The third-order valence-corrected chi connectivity index (χ3v) is 3.97. The molecule has 1 aromatic rings. The van der Waals surface area contributed by atoms with Crippen molar-refractivity contribution in [3.05, 3.63) is 23.8 Å². The van der Waals surface area contributed by atoms with Gasteiger partial charge in [0.15, 0.2) is 0 Å². The first kappa shape index (κ1) is 14.2. The Kier molecular flexibility index (Phi) is 4.70. The van der Waals surface area contributed by atoms with Crippen LogP contribution >= 0.6 is 0 Å². The Morgan fingerprint density at radius 2 is 2.05 bits per heavy atom. The lowest BCUT2D eigenvalue weighted by molar-refractivity contribution is 0.475. The summed E-state index contributed by atoms with van der Waals surface area (Å²) in [5.74, 6) is 0. The molecule has 19 heavy (non-hydrogen) atoms. The van der Waals surface area contributed by atoms with Gasteiger partial charge in [-0.05, 0) is 50.9 Å². The monoisotopic (exact) mass is 261 g/mol. The highest BCUT2D eigenvalue weighted by molar-refractivity contribution is 5.62. The van der Waals surface area contributed by atoms with Gasteiger partial charge in [0.05, 0.1) is 0 Å². The molecule has 106 valence electrons. The maximum atomic E-state index is 3.56. The van der Waals surface area contributed by atoms with Crippen molar-refractivity contribution < 1.29 is 0 Å². The third-order valence-electron chi connectivity index (χ3n) is 3.97. The molecule has 0 saturated carbocycles. The van der Waals surface area contributed by atoms with Gasteiger partial charge in [-0.3, -0.25) is 0 Å². The van der Waals surface area contributed by atoms with Gasteiger partial charge in [-0.25, -0.2) is 0 Å². The van der Waals surface area contributed by atoms with Crippen molar-refractivity contribution in [3.63, 3.8) is 0 Å². The van der Waals surface area contributed by atoms with E-state index in [0.29, 0.717) is 6.04 Å².